The minimum absolute atomic E-state index is 0.259. The number of carbonyl (C=O) groups excluding carboxylic acids is 2. The number of hydrogen-bond donors (Lipinski definition) is 1. The highest BCUT2D eigenvalue weighted by atomic mass is 127. The SMILES string of the molecule is CCOC(=O)/C(=C\c1cccc(OC)c1I)Nc1ccc(C(=O)OCC)cc1. The molecular weight excluding hydrogens is 473 g/mol. The highest BCUT2D eigenvalue weighted by Gasteiger charge is 2.14. The van der Waals surface area contributed by atoms with E-state index < -0.39 is 5.97 Å². The number of rotatable bonds is 8. The van der Waals surface area contributed by atoms with Crippen LogP contribution in [-0.2, 0) is 14.3 Å². The van der Waals surface area contributed by atoms with Gasteiger partial charge in [0.1, 0.15) is 11.4 Å². The van der Waals surface area contributed by atoms with Crippen molar-refractivity contribution in [1.82, 2.24) is 0 Å². The van der Waals surface area contributed by atoms with E-state index in [0.717, 1.165) is 14.9 Å². The quantitative estimate of drug-likeness (QED) is 0.331. The van der Waals surface area contributed by atoms with Crippen LogP contribution in [0.5, 0.6) is 5.75 Å². The molecule has 0 atom stereocenters. The Kier molecular flexibility index (Phi) is 8.31. The molecule has 0 amide bonds. The lowest BCUT2D eigenvalue weighted by molar-refractivity contribution is -0.138. The first-order chi connectivity index (χ1) is 13.5. The minimum atomic E-state index is -0.476. The van der Waals surface area contributed by atoms with E-state index in [-0.39, 0.29) is 18.3 Å². The molecule has 1 N–H and O–H groups in total. The predicted molar refractivity (Wildman–Crippen MR) is 116 cm³/mol. The van der Waals surface area contributed by atoms with Gasteiger partial charge in [-0.2, -0.15) is 0 Å². The summed E-state index contributed by atoms with van der Waals surface area (Å²) in [4.78, 5) is 24.2. The van der Waals surface area contributed by atoms with E-state index in [2.05, 4.69) is 27.9 Å². The molecule has 0 heterocycles. The molecule has 2 aromatic carbocycles. The molecule has 7 heteroatoms. The summed E-state index contributed by atoms with van der Waals surface area (Å²) in [5, 5.41) is 3.07. The van der Waals surface area contributed by atoms with E-state index in [1.807, 2.05) is 18.2 Å². The van der Waals surface area contributed by atoms with Crippen molar-refractivity contribution in [2.45, 2.75) is 13.8 Å². The van der Waals surface area contributed by atoms with Gasteiger partial charge in [-0.3, -0.25) is 0 Å². The van der Waals surface area contributed by atoms with Crippen molar-refractivity contribution in [3.63, 3.8) is 0 Å². The monoisotopic (exact) mass is 495 g/mol. The van der Waals surface area contributed by atoms with Crippen molar-refractivity contribution in [3.8, 4) is 5.75 Å². The lowest BCUT2D eigenvalue weighted by Crippen LogP contribution is -2.15. The fraction of sp³-hybridized carbons (Fsp3) is 0.238. The fourth-order valence-corrected chi connectivity index (χ4v) is 3.10. The summed E-state index contributed by atoms with van der Waals surface area (Å²) in [5.41, 5.74) is 2.18. The summed E-state index contributed by atoms with van der Waals surface area (Å²) in [7, 11) is 1.60. The molecule has 0 spiro atoms. The van der Waals surface area contributed by atoms with Crippen LogP contribution in [0, 0.1) is 3.57 Å². The van der Waals surface area contributed by atoms with Crippen LogP contribution < -0.4 is 10.1 Å². The van der Waals surface area contributed by atoms with Gasteiger partial charge in [0, 0.05) is 5.69 Å². The second-order valence-corrected chi connectivity index (χ2v) is 6.64. The molecule has 0 fully saturated rings. The number of anilines is 1. The van der Waals surface area contributed by atoms with E-state index in [1.54, 1.807) is 51.3 Å². The van der Waals surface area contributed by atoms with Crippen LogP contribution in [0.3, 0.4) is 0 Å². The lowest BCUT2D eigenvalue weighted by Gasteiger charge is -2.12. The molecule has 0 saturated carbocycles. The van der Waals surface area contributed by atoms with Gasteiger partial charge in [0.05, 0.1) is 29.5 Å². The number of esters is 2. The van der Waals surface area contributed by atoms with Crippen LogP contribution in [0.15, 0.2) is 48.2 Å². The Morgan fingerprint density at radius 1 is 1.04 bits per heavy atom. The minimum Gasteiger partial charge on any atom is -0.496 e. The second kappa shape index (κ2) is 10.7. The summed E-state index contributed by atoms with van der Waals surface area (Å²) in [6.07, 6.45) is 1.71. The third-order valence-corrected chi connectivity index (χ3v) is 4.84. The highest BCUT2D eigenvalue weighted by Crippen LogP contribution is 2.26. The highest BCUT2D eigenvalue weighted by molar-refractivity contribution is 14.1. The third-order valence-electron chi connectivity index (χ3n) is 3.68. The summed E-state index contributed by atoms with van der Waals surface area (Å²) in [5.74, 6) is -0.145. The standard InChI is InChI=1S/C21H22INO5/c1-4-27-20(24)14-9-11-16(12-10-14)23-17(21(25)28-5-2)13-15-7-6-8-18(26-3)19(15)22/h6-13,23H,4-5H2,1-3H3/b17-13+. The van der Waals surface area contributed by atoms with Gasteiger partial charge in [0.15, 0.2) is 0 Å². The van der Waals surface area contributed by atoms with Crippen LogP contribution in [0.2, 0.25) is 0 Å². The Morgan fingerprint density at radius 3 is 2.32 bits per heavy atom. The molecule has 0 unspecified atom stereocenters. The Labute approximate surface area is 178 Å². The molecule has 0 aliphatic carbocycles. The summed E-state index contributed by atoms with van der Waals surface area (Å²) >= 11 is 2.17. The summed E-state index contributed by atoms with van der Waals surface area (Å²) in [6, 6.07) is 12.3. The Hall–Kier alpha value is -2.55. The maximum Gasteiger partial charge on any atom is 0.354 e. The Morgan fingerprint density at radius 2 is 1.71 bits per heavy atom. The summed E-state index contributed by atoms with van der Waals surface area (Å²) in [6.45, 7) is 4.08. The number of ether oxygens (including phenoxy) is 3. The van der Waals surface area contributed by atoms with Crippen molar-refractivity contribution in [2.75, 3.05) is 25.6 Å². The molecule has 0 saturated heterocycles. The van der Waals surface area contributed by atoms with Gasteiger partial charge in [-0.15, -0.1) is 0 Å². The number of nitrogens with one attached hydrogen (secondary N) is 1. The van der Waals surface area contributed by atoms with Gasteiger partial charge in [0.25, 0.3) is 0 Å². The molecule has 0 bridgehead atoms. The number of hydrogen-bond acceptors (Lipinski definition) is 6. The van der Waals surface area contributed by atoms with Crippen LogP contribution in [0.4, 0.5) is 5.69 Å². The van der Waals surface area contributed by atoms with E-state index in [1.165, 1.54) is 0 Å². The van der Waals surface area contributed by atoms with Gasteiger partial charge in [-0.25, -0.2) is 9.59 Å². The van der Waals surface area contributed by atoms with Crippen molar-refractivity contribution in [3.05, 3.63) is 62.9 Å². The number of carbonyl (C=O) groups is 2. The van der Waals surface area contributed by atoms with E-state index in [4.69, 9.17) is 14.2 Å². The summed E-state index contributed by atoms with van der Waals surface area (Å²) < 4.78 is 16.3. The first-order valence-electron chi connectivity index (χ1n) is 8.75. The smallest absolute Gasteiger partial charge is 0.354 e. The van der Waals surface area contributed by atoms with Gasteiger partial charge in [-0.05, 0) is 78.4 Å². The normalized spacial score (nSPS) is 10.9. The number of halogens is 1. The molecule has 6 nitrogen and oxygen atoms in total. The zero-order valence-corrected chi connectivity index (χ0v) is 18.1. The Balaban J connectivity index is 2.32. The molecule has 2 aromatic rings. The van der Waals surface area contributed by atoms with Crippen LogP contribution in [0.1, 0.15) is 29.8 Å². The van der Waals surface area contributed by atoms with E-state index in [0.29, 0.717) is 17.9 Å². The van der Waals surface area contributed by atoms with Crippen LogP contribution >= 0.6 is 22.6 Å². The van der Waals surface area contributed by atoms with Crippen LogP contribution in [-0.4, -0.2) is 32.3 Å². The number of methoxy groups -OCH3 is 1. The molecule has 28 heavy (non-hydrogen) atoms. The molecule has 0 aromatic heterocycles. The van der Waals surface area contributed by atoms with Crippen molar-refractivity contribution in [1.29, 1.82) is 0 Å². The van der Waals surface area contributed by atoms with Crippen molar-refractivity contribution < 1.29 is 23.8 Å². The van der Waals surface area contributed by atoms with Crippen molar-refractivity contribution in [2.24, 2.45) is 0 Å². The van der Waals surface area contributed by atoms with E-state index >= 15 is 0 Å². The molecule has 2 rings (SSSR count). The average molecular weight is 495 g/mol. The van der Waals surface area contributed by atoms with E-state index in [9.17, 15) is 9.59 Å². The fourth-order valence-electron chi connectivity index (χ4n) is 2.37. The van der Waals surface area contributed by atoms with Gasteiger partial charge < -0.3 is 19.5 Å². The number of benzene rings is 2. The molecule has 0 aliphatic rings. The van der Waals surface area contributed by atoms with Gasteiger partial charge >= 0.3 is 11.9 Å². The maximum absolute atomic E-state index is 12.4. The topological polar surface area (TPSA) is 73.9 Å². The zero-order valence-electron chi connectivity index (χ0n) is 16.0. The zero-order chi connectivity index (χ0) is 20.5. The largest absolute Gasteiger partial charge is 0.496 e. The molecule has 0 radical (unpaired) electrons. The Bertz CT molecular complexity index is 862. The van der Waals surface area contributed by atoms with Gasteiger partial charge in [-0.1, -0.05) is 12.1 Å². The third kappa shape index (κ3) is 5.72. The maximum atomic E-state index is 12.4. The molecular formula is C21H22INO5. The predicted octanol–water partition coefficient (Wildman–Crippen LogP) is 4.49. The first kappa shape index (κ1) is 21.7. The first-order valence-corrected chi connectivity index (χ1v) is 9.83. The average Bonchev–Trinajstić information content (AvgIpc) is 2.69. The molecule has 0 aliphatic heterocycles. The van der Waals surface area contributed by atoms with Crippen LogP contribution in [0.25, 0.3) is 6.08 Å². The second-order valence-electron chi connectivity index (χ2n) is 5.56. The van der Waals surface area contributed by atoms with Crippen molar-refractivity contribution >= 4 is 46.3 Å². The molecule has 148 valence electrons. The van der Waals surface area contributed by atoms with Gasteiger partial charge in [0.2, 0.25) is 0 Å². The lowest BCUT2D eigenvalue weighted by atomic mass is 10.1.